The fourth-order valence-corrected chi connectivity index (χ4v) is 2.63. The number of aliphatic hydroxyl groups excluding tert-OH is 1. The van der Waals surface area contributed by atoms with Gasteiger partial charge in [-0.2, -0.15) is 0 Å². The first-order valence-electron chi connectivity index (χ1n) is 6.34. The lowest BCUT2D eigenvalue weighted by atomic mass is 9.71. The van der Waals surface area contributed by atoms with Gasteiger partial charge >= 0.3 is 0 Å². The predicted molar refractivity (Wildman–Crippen MR) is 65.0 cm³/mol. The first-order chi connectivity index (χ1) is 7.39. The fourth-order valence-electron chi connectivity index (χ4n) is 2.63. The molecule has 3 heteroatoms. The van der Waals surface area contributed by atoms with Crippen molar-refractivity contribution in [3.8, 4) is 0 Å². The maximum atomic E-state index is 11.6. The van der Waals surface area contributed by atoms with Crippen LogP contribution in [0.1, 0.15) is 52.9 Å². The third-order valence-electron chi connectivity index (χ3n) is 3.38. The molecule has 0 bridgehead atoms. The molecule has 1 amide bonds. The average molecular weight is 227 g/mol. The molecule has 0 aromatic rings. The summed E-state index contributed by atoms with van der Waals surface area (Å²) in [6, 6.07) is 0. The molecule has 16 heavy (non-hydrogen) atoms. The van der Waals surface area contributed by atoms with Crippen LogP contribution in [0.5, 0.6) is 0 Å². The molecule has 94 valence electrons. The number of carbonyl (C=O) groups excluding carboxylic acids is 1. The van der Waals surface area contributed by atoms with Crippen molar-refractivity contribution in [2.45, 2.75) is 59.0 Å². The Morgan fingerprint density at radius 1 is 1.56 bits per heavy atom. The van der Waals surface area contributed by atoms with E-state index in [1.165, 1.54) is 19.3 Å². The van der Waals surface area contributed by atoms with Gasteiger partial charge in [-0.1, -0.05) is 20.3 Å². The molecule has 1 aliphatic carbocycles. The highest BCUT2D eigenvalue weighted by atomic mass is 16.3. The van der Waals surface area contributed by atoms with Crippen molar-refractivity contribution in [1.82, 2.24) is 5.32 Å². The standard InChI is InChI=1S/C13H25NO2/c1-10(15)9-14-12(16)7-11-5-4-6-13(2,3)8-11/h10-11,15H,4-9H2,1-3H3,(H,14,16). The van der Waals surface area contributed by atoms with E-state index in [0.717, 1.165) is 6.42 Å². The van der Waals surface area contributed by atoms with Crippen LogP contribution in [-0.2, 0) is 4.79 Å². The van der Waals surface area contributed by atoms with Crippen molar-refractivity contribution in [2.24, 2.45) is 11.3 Å². The zero-order valence-corrected chi connectivity index (χ0v) is 10.8. The second kappa shape index (κ2) is 5.67. The lowest BCUT2D eigenvalue weighted by Crippen LogP contribution is -2.33. The minimum atomic E-state index is -0.452. The number of carbonyl (C=O) groups is 1. The van der Waals surface area contributed by atoms with Crippen LogP contribution in [0.2, 0.25) is 0 Å². The number of nitrogens with one attached hydrogen (secondary N) is 1. The maximum absolute atomic E-state index is 11.6. The van der Waals surface area contributed by atoms with Crippen molar-refractivity contribution in [3.05, 3.63) is 0 Å². The molecule has 2 unspecified atom stereocenters. The molecule has 0 heterocycles. The number of hydrogen-bond donors (Lipinski definition) is 2. The smallest absolute Gasteiger partial charge is 0.220 e. The van der Waals surface area contributed by atoms with Gasteiger partial charge < -0.3 is 10.4 Å². The van der Waals surface area contributed by atoms with Gasteiger partial charge in [0.15, 0.2) is 0 Å². The zero-order chi connectivity index (χ0) is 12.2. The van der Waals surface area contributed by atoms with Crippen LogP contribution >= 0.6 is 0 Å². The minimum Gasteiger partial charge on any atom is -0.392 e. The zero-order valence-electron chi connectivity index (χ0n) is 10.8. The Balaban J connectivity index is 2.28. The van der Waals surface area contributed by atoms with Crippen molar-refractivity contribution < 1.29 is 9.90 Å². The number of rotatable bonds is 4. The van der Waals surface area contributed by atoms with Gasteiger partial charge in [-0.25, -0.2) is 0 Å². The second-order valence-corrected chi connectivity index (χ2v) is 5.98. The van der Waals surface area contributed by atoms with Crippen molar-refractivity contribution in [1.29, 1.82) is 0 Å². The van der Waals surface area contributed by atoms with E-state index >= 15 is 0 Å². The van der Waals surface area contributed by atoms with Crippen LogP contribution < -0.4 is 5.32 Å². The van der Waals surface area contributed by atoms with Crippen LogP contribution in [0, 0.1) is 11.3 Å². The van der Waals surface area contributed by atoms with Crippen molar-refractivity contribution in [2.75, 3.05) is 6.54 Å². The monoisotopic (exact) mass is 227 g/mol. The molecule has 2 N–H and O–H groups in total. The SMILES string of the molecule is CC(O)CNC(=O)CC1CCCC(C)(C)C1. The second-order valence-electron chi connectivity index (χ2n) is 5.98. The third-order valence-corrected chi connectivity index (χ3v) is 3.38. The lowest BCUT2D eigenvalue weighted by molar-refractivity contribution is -0.122. The Hall–Kier alpha value is -0.570. The van der Waals surface area contributed by atoms with E-state index in [1.807, 2.05) is 0 Å². The van der Waals surface area contributed by atoms with E-state index in [1.54, 1.807) is 6.92 Å². The molecule has 2 atom stereocenters. The largest absolute Gasteiger partial charge is 0.392 e. The van der Waals surface area contributed by atoms with Crippen molar-refractivity contribution in [3.63, 3.8) is 0 Å². The first-order valence-corrected chi connectivity index (χ1v) is 6.34. The van der Waals surface area contributed by atoms with Gasteiger partial charge in [0.25, 0.3) is 0 Å². The first kappa shape index (κ1) is 13.5. The molecule has 1 rings (SSSR count). The summed E-state index contributed by atoms with van der Waals surface area (Å²) in [6.45, 7) is 6.62. The van der Waals surface area contributed by atoms with Crippen LogP contribution in [0.4, 0.5) is 0 Å². The Morgan fingerprint density at radius 2 is 2.25 bits per heavy atom. The summed E-state index contributed by atoms with van der Waals surface area (Å²) in [6.07, 6.45) is 5.00. The molecule has 3 nitrogen and oxygen atoms in total. The predicted octanol–water partition coefficient (Wildman–Crippen LogP) is 2.09. The lowest BCUT2D eigenvalue weighted by Gasteiger charge is -2.34. The molecule has 1 saturated carbocycles. The van der Waals surface area contributed by atoms with Crippen LogP contribution in [0.25, 0.3) is 0 Å². The number of aliphatic hydroxyl groups is 1. The van der Waals surface area contributed by atoms with Gasteiger partial charge in [0, 0.05) is 13.0 Å². The number of hydrogen-bond acceptors (Lipinski definition) is 2. The van der Waals surface area contributed by atoms with Gasteiger partial charge in [-0.15, -0.1) is 0 Å². The summed E-state index contributed by atoms with van der Waals surface area (Å²) < 4.78 is 0. The van der Waals surface area contributed by atoms with Crippen LogP contribution in [0.3, 0.4) is 0 Å². The normalized spacial score (nSPS) is 26.1. The van der Waals surface area contributed by atoms with Crippen LogP contribution in [0.15, 0.2) is 0 Å². The molecule has 1 aliphatic rings. The van der Waals surface area contributed by atoms with E-state index in [-0.39, 0.29) is 5.91 Å². The van der Waals surface area contributed by atoms with Gasteiger partial charge in [0.05, 0.1) is 6.10 Å². The maximum Gasteiger partial charge on any atom is 0.220 e. The van der Waals surface area contributed by atoms with E-state index < -0.39 is 6.10 Å². The highest BCUT2D eigenvalue weighted by Gasteiger charge is 2.28. The van der Waals surface area contributed by atoms with E-state index in [0.29, 0.717) is 24.3 Å². The summed E-state index contributed by atoms with van der Waals surface area (Å²) in [5, 5.41) is 11.8. The summed E-state index contributed by atoms with van der Waals surface area (Å²) in [4.78, 5) is 11.6. The summed E-state index contributed by atoms with van der Waals surface area (Å²) in [7, 11) is 0. The molecule has 0 radical (unpaired) electrons. The molecule has 0 spiro atoms. The third kappa shape index (κ3) is 4.97. The van der Waals surface area contributed by atoms with Crippen LogP contribution in [-0.4, -0.2) is 23.7 Å². The van der Waals surface area contributed by atoms with Gasteiger partial charge in [-0.3, -0.25) is 4.79 Å². The van der Waals surface area contributed by atoms with E-state index in [4.69, 9.17) is 5.11 Å². The van der Waals surface area contributed by atoms with E-state index in [2.05, 4.69) is 19.2 Å². The van der Waals surface area contributed by atoms with Gasteiger partial charge in [-0.05, 0) is 37.5 Å². The highest BCUT2D eigenvalue weighted by Crippen LogP contribution is 2.39. The molecule has 1 fully saturated rings. The molecule has 0 aliphatic heterocycles. The summed E-state index contributed by atoms with van der Waals surface area (Å²) >= 11 is 0. The summed E-state index contributed by atoms with van der Waals surface area (Å²) in [5.74, 6) is 0.612. The molecular weight excluding hydrogens is 202 g/mol. The minimum absolute atomic E-state index is 0.0867. The Bertz CT molecular complexity index is 236. The molecular formula is C13H25NO2. The highest BCUT2D eigenvalue weighted by molar-refractivity contribution is 5.76. The van der Waals surface area contributed by atoms with Crippen molar-refractivity contribution >= 4 is 5.91 Å². The van der Waals surface area contributed by atoms with E-state index in [9.17, 15) is 4.79 Å². The molecule has 0 aromatic carbocycles. The average Bonchev–Trinajstić information content (AvgIpc) is 2.13. The molecule has 0 saturated heterocycles. The summed E-state index contributed by atoms with van der Waals surface area (Å²) in [5.41, 5.74) is 0.396. The van der Waals surface area contributed by atoms with Gasteiger partial charge in [0.1, 0.15) is 0 Å². The van der Waals surface area contributed by atoms with Gasteiger partial charge in [0.2, 0.25) is 5.91 Å². The fraction of sp³-hybridized carbons (Fsp3) is 0.923. The molecule has 0 aromatic heterocycles. The topological polar surface area (TPSA) is 49.3 Å². The Labute approximate surface area is 98.6 Å². The quantitative estimate of drug-likeness (QED) is 0.772. The number of amides is 1. The Morgan fingerprint density at radius 3 is 2.81 bits per heavy atom. The Kier molecular flexibility index (Phi) is 4.78.